The van der Waals surface area contributed by atoms with Crippen molar-refractivity contribution in [3.8, 4) is 12.3 Å². The zero-order chi connectivity index (χ0) is 11.4. The van der Waals surface area contributed by atoms with E-state index in [1.165, 1.54) is 25.7 Å². The van der Waals surface area contributed by atoms with Crippen molar-refractivity contribution >= 4 is 5.91 Å². The number of terminal acetylenes is 1. The van der Waals surface area contributed by atoms with Gasteiger partial charge in [-0.1, -0.05) is 5.92 Å². The molecule has 2 saturated carbocycles. The Bertz CT molecular complexity index is 275. The van der Waals surface area contributed by atoms with Crippen LogP contribution in [0.5, 0.6) is 0 Å². The van der Waals surface area contributed by atoms with E-state index in [1.807, 2.05) is 0 Å². The number of rotatable bonds is 7. The molecule has 2 rings (SSSR count). The molecule has 0 unspecified atom stereocenters. The lowest BCUT2D eigenvalue weighted by atomic mass is 10.1. The third-order valence-electron chi connectivity index (χ3n) is 3.38. The van der Waals surface area contributed by atoms with Crippen molar-refractivity contribution in [3.05, 3.63) is 0 Å². The standard InChI is InChI=1S/C13H20N2O/c1-2-8-14-12(16)7-9-15-13(10-3-4-10)11-5-6-11/h1,10-11,13,15H,3-9H2,(H,14,16). The van der Waals surface area contributed by atoms with Gasteiger partial charge in [0.15, 0.2) is 0 Å². The van der Waals surface area contributed by atoms with Crippen molar-refractivity contribution in [1.82, 2.24) is 10.6 Å². The predicted octanol–water partition coefficient (Wildman–Crippen LogP) is 0.904. The fraction of sp³-hybridized carbons (Fsp3) is 0.769. The Morgan fingerprint density at radius 2 is 1.94 bits per heavy atom. The van der Waals surface area contributed by atoms with Gasteiger partial charge in [0.1, 0.15) is 0 Å². The lowest BCUT2D eigenvalue weighted by Crippen LogP contribution is -2.36. The van der Waals surface area contributed by atoms with Gasteiger partial charge in [-0.15, -0.1) is 6.42 Å². The highest BCUT2D eigenvalue weighted by molar-refractivity contribution is 5.76. The van der Waals surface area contributed by atoms with Crippen molar-refractivity contribution < 1.29 is 4.79 Å². The SMILES string of the molecule is C#CCNC(=O)CCNC(C1CC1)C1CC1. The number of hydrogen-bond acceptors (Lipinski definition) is 2. The van der Waals surface area contributed by atoms with E-state index in [2.05, 4.69) is 16.6 Å². The monoisotopic (exact) mass is 220 g/mol. The van der Waals surface area contributed by atoms with E-state index in [9.17, 15) is 4.79 Å². The van der Waals surface area contributed by atoms with Gasteiger partial charge in [0.25, 0.3) is 0 Å². The van der Waals surface area contributed by atoms with Crippen LogP contribution in [0.25, 0.3) is 0 Å². The van der Waals surface area contributed by atoms with E-state index in [0.717, 1.165) is 18.4 Å². The Balaban J connectivity index is 1.59. The quantitative estimate of drug-likeness (QED) is 0.626. The second kappa shape index (κ2) is 5.36. The maximum atomic E-state index is 11.3. The Morgan fingerprint density at radius 1 is 1.31 bits per heavy atom. The molecule has 0 atom stereocenters. The zero-order valence-corrected chi connectivity index (χ0v) is 9.67. The molecule has 0 aliphatic heterocycles. The largest absolute Gasteiger partial charge is 0.345 e. The average molecular weight is 220 g/mol. The molecule has 0 aromatic carbocycles. The highest BCUT2D eigenvalue weighted by Gasteiger charge is 2.40. The first-order valence-corrected chi connectivity index (χ1v) is 6.25. The minimum atomic E-state index is 0.0517. The molecule has 0 radical (unpaired) electrons. The van der Waals surface area contributed by atoms with Crippen LogP contribution in [-0.2, 0) is 4.79 Å². The van der Waals surface area contributed by atoms with E-state index in [-0.39, 0.29) is 5.91 Å². The predicted molar refractivity (Wildman–Crippen MR) is 63.7 cm³/mol. The lowest BCUT2D eigenvalue weighted by Gasteiger charge is -2.17. The fourth-order valence-corrected chi connectivity index (χ4v) is 2.22. The molecule has 1 amide bonds. The second-order valence-electron chi connectivity index (χ2n) is 4.89. The van der Waals surface area contributed by atoms with Gasteiger partial charge in [-0.05, 0) is 37.5 Å². The first-order chi connectivity index (χ1) is 7.81. The number of hydrogen-bond donors (Lipinski definition) is 2. The second-order valence-corrected chi connectivity index (χ2v) is 4.89. The molecule has 16 heavy (non-hydrogen) atoms. The molecular weight excluding hydrogens is 200 g/mol. The average Bonchev–Trinajstić information content (AvgIpc) is 3.14. The first kappa shape index (κ1) is 11.5. The highest BCUT2D eigenvalue weighted by atomic mass is 16.1. The number of nitrogens with one attached hydrogen (secondary N) is 2. The molecule has 0 spiro atoms. The Hall–Kier alpha value is -1.01. The van der Waals surface area contributed by atoms with Crippen LogP contribution in [0.3, 0.4) is 0 Å². The summed E-state index contributed by atoms with van der Waals surface area (Å²) >= 11 is 0. The molecule has 2 fully saturated rings. The van der Waals surface area contributed by atoms with Crippen LogP contribution in [0.4, 0.5) is 0 Å². The van der Waals surface area contributed by atoms with Gasteiger partial charge in [0, 0.05) is 19.0 Å². The van der Waals surface area contributed by atoms with Crippen LogP contribution in [0.1, 0.15) is 32.1 Å². The van der Waals surface area contributed by atoms with Crippen LogP contribution >= 0.6 is 0 Å². The molecule has 0 aromatic heterocycles. The summed E-state index contributed by atoms with van der Waals surface area (Å²) in [5, 5.41) is 6.22. The van der Waals surface area contributed by atoms with Gasteiger partial charge in [0.2, 0.25) is 5.91 Å². The third kappa shape index (κ3) is 3.53. The minimum absolute atomic E-state index is 0.0517. The van der Waals surface area contributed by atoms with E-state index in [0.29, 0.717) is 19.0 Å². The zero-order valence-electron chi connectivity index (χ0n) is 9.67. The lowest BCUT2D eigenvalue weighted by molar-refractivity contribution is -0.120. The van der Waals surface area contributed by atoms with Crippen LogP contribution in [0.2, 0.25) is 0 Å². The topological polar surface area (TPSA) is 41.1 Å². The van der Waals surface area contributed by atoms with Gasteiger partial charge in [-0.25, -0.2) is 0 Å². The summed E-state index contributed by atoms with van der Waals surface area (Å²) < 4.78 is 0. The summed E-state index contributed by atoms with van der Waals surface area (Å²) in [6.07, 6.45) is 11.1. The van der Waals surface area contributed by atoms with Gasteiger partial charge < -0.3 is 10.6 Å². The molecule has 2 N–H and O–H groups in total. The summed E-state index contributed by atoms with van der Waals surface area (Å²) in [6, 6.07) is 0.681. The summed E-state index contributed by atoms with van der Waals surface area (Å²) in [5.41, 5.74) is 0. The molecule has 88 valence electrons. The van der Waals surface area contributed by atoms with Crippen LogP contribution < -0.4 is 10.6 Å². The Labute approximate surface area is 97.4 Å². The van der Waals surface area contributed by atoms with E-state index >= 15 is 0 Å². The highest BCUT2D eigenvalue weighted by Crippen LogP contribution is 2.44. The van der Waals surface area contributed by atoms with Crippen LogP contribution in [0, 0.1) is 24.2 Å². The van der Waals surface area contributed by atoms with Gasteiger partial charge in [-0.3, -0.25) is 4.79 Å². The Morgan fingerprint density at radius 3 is 2.44 bits per heavy atom. The van der Waals surface area contributed by atoms with Gasteiger partial charge in [-0.2, -0.15) is 0 Å². The normalized spacial score (nSPS) is 19.5. The first-order valence-electron chi connectivity index (χ1n) is 6.25. The molecule has 3 heteroatoms. The van der Waals surface area contributed by atoms with E-state index in [4.69, 9.17) is 6.42 Å². The van der Waals surface area contributed by atoms with Gasteiger partial charge in [0.05, 0.1) is 6.54 Å². The minimum Gasteiger partial charge on any atom is -0.345 e. The van der Waals surface area contributed by atoms with Crippen molar-refractivity contribution in [2.24, 2.45) is 11.8 Å². The molecule has 0 aromatic rings. The molecule has 2 aliphatic rings. The van der Waals surface area contributed by atoms with Crippen LogP contribution in [0.15, 0.2) is 0 Å². The summed E-state index contributed by atoms with van der Waals surface area (Å²) in [4.78, 5) is 11.3. The number of carbonyl (C=O) groups excluding carboxylic acids is 1. The van der Waals surface area contributed by atoms with Crippen molar-refractivity contribution in [2.45, 2.75) is 38.1 Å². The summed E-state index contributed by atoms with van der Waals surface area (Å²) in [7, 11) is 0. The molecular formula is C13H20N2O. The fourth-order valence-electron chi connectivity index (χ4n) is 2.22. The van der Waals surface area contributed by atoms with Crippen molar-refractivity contribution in [1.29, 1.82) is 0 Å². The third-order valence-corrected chi connectivity index (χ3v) is 3.38. The molecule has 2 aliphatic carbocycles. The maximum Gasteiger partial charge on any atom is 0.222 e. The van der Waals surface area contributed by atoms with E-state index < -0.39 is 0 Å². The maximum absolute atomic E-state index is 11.3. The van der Waals surface area contributed by atoms with Crippen molar-refractivity contribution in [3.63, 3.8) is 0 Å². The van der Waals surface area contributed by atoms with Crippen molar-refractivity contribution in [2.75, 3.05) is 13.1 Å². The van der Waals surface area contributed by atoms with Crippen LogP contribution in [-0.4, -0.2) is 25.0 Å². The Kier molecular flexibility index (Phi) is 3.84. The number of amides is 1. The van der Waals surface area contributed by atoms with E-state index in [1.54, 1.807) is 0 Å². The summed E-state index contributed by atoms with van der Waals surface area (Å²) in [6.45, 7) is 1.13. The molecule has 0 bridgehead atoms. The molecule has 0 saturated heterocycles. The summed E-state index contributed by atoms with van der Waals surface area (Å²) in [5.74, 6) is 4.23. The molecule has 0 heterocycles. The van der Waals surface area contributed by atoms with Gasteiger partial charge >= 0.3 is 0 Å². The smallest absolute Gasteiger partial charge is 0.222 e. The molecule has 3 nitrogen and oxygen atoms in total. The number of carbonyl (C=O) groups is 1.